The van der Waals surface area contributed by atoms with E-state index in [0.29, 0.717) is 35.8 Å². The normalized spacial score (nSPS) is 11.1. The molecule has 0 bridgehead atoms. The summed E-state index contributed by atoms with van der Waals surface area (Å²) in [5.74, 6) is 0.719. The number of pyridine rings is 4. The molecule has 2 aromatic carbocycles. The second-order valence-corrected chi connectivity index (χ2v) is 15.6. The molecule has 6 aromatic heterocycles. The molecule has 0 aliphatic heterocycles. The maximum Gasteiger partial charge on any atom is 2.00 e. The van der Waals surface area contributed by atoms with Gasteiger partial charge in [-0.15, -0.1) is 0 Å². The van der Waals surface area contributed by atoms with Gasteiger partial charge in [0.15, 0.2) is 0 Å². The second-order valence-electron chi connectivity index (χ2n) is 15.6. The van der Waals surface area contributed by atoms with Gasteiger partial charge in [0, 0.05) is 59.1 Å². The van der Waals surface area contributed by atoms with Gasteiger partial charge in [-0.05, 0) is 70.8 Å². The predicted octanol–water partition coefficient (Wildman–Crippen LogP) is 8.93. The summed E-state index contributed by atoms with van der Waals surface area (Å²) in [5, 5.41) is 21.2. The van der Waals surface area contributed by atoms with E-state index < -0.39 is 0 Å². The van der Waals surface area contributed by atoms with E-state index in [1.165, 1.54) is 34.3 Å². The number of nitrogens with zero attached hydrogens (tertiary/aromatic N) is 8. The van der Waals surface area contributed by atoms with Crippen molar-refractivity contribution in [1.29, 1.82) is 0 Å². The van der Waals surface area contributed by atoms with E-state index in [2.05, 4.69) is 130 Å². The van der Waals surface area contributed by atoms with Crippen LogP contribution in [-0.4, -0.2) is 43.1 Å². The predicted molar refractivity (Wildman–Crippen MR) is 224 cm³/mol. The fraction of sp³-hybridized carbons (Fsp3) is 0.217. The Hall–Kier alpha value is -6.46. The van der Waals surface area contributed by atoms with E-state index in [1.807, 2.05) is 38.4 Å². The molecule has 0 atom stereocenters. The summed E-state index contributed by atoms with van der Waals surface area (Å²) in [6.45, 7) is 17.9. The van der Waals surface area contributed by atoms with E-state index in [9.17, 15) is 9.59 Å². The van der Waals surface area contributed by atoms with Crippen molar-refractivity contribution >= 4 is 34.5 Å². The summed E-state index contributed by atoms with van der Waals surface area (Å²) in [7, 11) is 0. The standard InChI is InChI=1S/2C17H18N3.C12H8N2O4.Ru/c2*1-11-9-15(20-19-11)16-14-6-5-13(17(2,3)4)10-12(14)7-8-18-16;15-7-17-9-1-3-13-11(5-9)12-6-10(18-8-16)2-4-14-12;/h2*5-10H,1-4H3;1-8H;/q2*-1;;+2. The molecule has 12 nitrogen and oxygen atoms in total. The summed E-state index contributed by atoms with van der Waals surface area (Å²) in [6.07, 6.45) is 6.66. The molecule has 0 aliphatic rings. The Bertz CT molecular complexity index is 2510. The fourth-order valence-corrected chi connectivity index (χ4v) is 6.07. The minimum absolute atomic E-state index is 0. The Morgan fingerprint density at radius 3 is 1.24 bits per heavy atom. The number of aryl methyl sites for hydroxylation is 2. The number of rotatable bonds is 7. The van der Waals surface area contributed by atoms with Gasteiger partial charge in [-0.3, -0.25) is 29.5 Å². The van der Waals surface area contributed by atoms with Gasteiger partial charge in [0.1, 0.15) is 11.5 Å². The Labute approximate surface area is 356 Å². The first kappa shape index (κ1) is 43.7. The molecular formula is C46H44N8O4Ru. The first-order valence-corrected chi connectivity index (χ1v) is 18.6. The van der Waals surface area contributed by atoms with Crippen LogP contribution in [0.4, 0.5) is 0 Å². The van der Waals surface area contributed by atoms with Crippen LogP contribution in [0.2, 0.25) is 0 Å². The Morgan fingerprint density at radius 1 is 0.508 bits per heavy atom. The average Bonchev–Trinajstić information content (AvgIpc) is 3.85. The van der Waals surface area contributed by atoms with Crippen LogP contribution in [0.5, 0.6) is 11.5 Å². The van der Waals surface area contributed by atoms with Crippen molar-refractivity contribution in [3.63, 3.8) is 0 Å². The van der Waals surface area contributed by atoms with Gasteiger partial charge >= 0.3 is 19.5 Å². The van der Waals surface area contributed by atoms with Crippen LogP contribution < -0.4 is 19.7 Å². The van der Waals surface area contributed by atoms with Crippen molar-refractivity contribution in [2.45, 2.75) is 66.2 Å². The number of aromatic nitrogens is 8. The molecular weight excluding hydrogens is 830 g/mol. The van der Waals surface area contributed by atoms with Gasteiger partial charge in [-0.2, -0.15) is 0 Å². The van der Waals surface area contributed by atoms with Crippen molar-refractivity contribution < 1.29 is 38.5 Å². The smallest absolute Gasteiger partial charge is 0.573 e. The van der Waals surface area contributed by atoms with Crippen molar-refractivity contribution in [3.8, 4) is 45.7 Å². The van der Waals surface area contributed by atoms with E-state index in [1.54, 1.807) is 24.3 Å². The van der Waals surface area contributed by atoms with Crippen LogP contribution in [-0.2, 0) is 39.9 Å². The average molecular weight is 874 g/mol. The van der Waals surface area contributed by atoms with Gasteiger partial charge in [0.05, 0.1) is 22.8 Å². The molecule has 0 saturated heterocycles. The SMILES string of the molecule is Cc1cc(-c2nccc3cc(C(C)(C)C)ccc23)[n-]n1.Cc1cc(-c2nccc3cc(C(C)(C)C)ccc23)[n-]n1.O=COc1ccnc(-c2cc(OC=O)ccn2)c1.[Ru+2]. The third-order valence-electron chi connectivity index (χ3n) is 9.16. The third-order valence-corrected chi connectivity index (χ3v) is 9.16. The zero-order chi connectivity index (χ0) is 41.5. The molecule has 0 saturated carbocycles. The zero-order valence-electron chi connectivity index (χ0n) is 34.1. The van der Waals surface area contributed by atoms with Crippen LogP contribution >= 0.6 is 0 Å². The summed E-state index contributed by atoms with van der Waals surface area (Å²) >= 11 is 0. The molecule has 0 unspecified atom stereocenters. The van der Waals surface area contributed by atoms with Crippen LogP contribution in [0, 0.1) is 13.8 Å². The molecule has 0 radical (unpaired) electrons. The minimum atomic E-state index is 0. The Kier molecular flexibility index (Phi) is 14.0. The first-order valence-electron chi connectivity index (χ1n) is 18.6. The van der Waals surface area contributed by atoms with E-state index in [-0.39, 0.29) is 30.3 Å². The van der Waals surface area contributed by atoms with Gasteiger partial charge < -0.3 is 29.9 Å². The largest absolute Gasteiger partial charge is 2.00 e. The number of hydrogen-bond acceptors (Lipinski definition) is 10. The molecule has 0 amide bonds. The maximum absolute atomic E-state index is 10.2. The Morgan fingerprint density at radius 2 is 0.898 bits per heavy atom. The topological polar surface area (TPSA) is 158 Å². The maximum atomic E-state index is 10.2. The van der Waals surface area contributed by atoms with Crippen molar-refractivity contribution in [1.82, 2.24) is 40.3 Å². The first-order chi connectivity index (χ1) is 27.7. The quantitative estimate of drug-likeness (QED) is 0.111. The monoisotopic (exact) mass is 874 g/mol. The molecule has 0 aliphatic carbocycles. The van der Waals surface area contributed by atoms with Gasteiger partial charge in [-0.1, -0.05) is 101 Å². The van der Waals surface area contributed by atoms with Crippen LogP contribution in [0.1, 0.15) is 64.1 Å². The van der Waals surface area contributed by atoms with Gasteiger partial charge in [-0.25, -0.2) is 0 Å². The molecule has 6 heterocycles. The van der Waals surface area contributed by atoms with Crippen molar-refractivity contribution in [3.05, 3.63) is 132 Å². The molecule has 8 rings (SSSR count). The summed E-state index contributed by atoms with van der Waals surface area (Å²) < 4.78 is 9.42. The van der Waals surface area contributed by atoms with Crippen molar-refractivity contribution in [2.75, 3.05) is 0 Å². The zero-order valence-corrected chi connectivity index (χ0v) is 35.8. The van der Waals surface area contributed by atoms with Crippen molar-refractivity contribution in [2.24, 2.45) is 0 Å². The second kappa shape index (κ2) is 18.9. The molecule has 300 valence electrons. The van der Waals surface area contributed by atoms with E-state index >= 15 is 0 Å². The number of ether oxygens (including phenoxy) is 2. The van der Waals surface area contributed by atoms with Gasteiger partial charge in [0.25, 0.3) is 12.9 Å². The summed E-state index contributed by atoms with van der Waals surface area (Å²) in [6, 6.07) is 27.4. The summed E-state index contributed by atoms with van der Waals surface area (Å²) in [4.78, 5) is 37.6. The number of carbonyl (C=O) groups is 2. The summed E-state index contributed by atoms with van der Waals surface area (Å²) in [5.41, 5.74) is 9.30. The number of fused-ring (bicyclic) bond motifs is 2. The minimum Gasteiger partial charge on any atom is -0.573 e. The molecule has 13 heteroatoms. The van der Waals surface area contributed by atoms with Crippen LogP contribution in [0.15, 0.2) is 110 Å². The molecule has 0 spiro atoms. The molecule has 8 aromatic rings. The third kappa shape index (κ3) is 10.9. The van der Waals surface area contributed by atoms with E-state index in [0.717, 1.165) is 44.9 Å². The van der Waals surface area contributed by atoms with Gasteiger partial charge in [0.2, 0.25) is 0 Å². The number of hydrogen-bond donors (Lipinski definition) is 0. The number of benzene rings is 2. The van der Waals surface area contributed by atoms with E-state index in [4.69, 9.17) is 9.47 Å². The molecule has 59 heavy (non-hydrogen) atoms. The van der Waals surface area contributed by atoms with Crippen LogP contribution in [0.25, 0.3) is 55.7 Å². The molecule has 0 fully saturated rings. The number of carbonyl (C=O) groups excluding carboxylic acids is 2. The fourth-order valence-electron chi connectivity index (χ4n) is 6.07. The van der Waals surface area contributed by atoms with Crippen LogP contribution in [0.3, 0.4) is 0 Å². The Balaban J connectivity index is 0.000000167. The molecule has 0 N–H and O–H groups in total.